The second-order valence-corrected chi connectivity index (χ2v) is 4.46. The van der Waals surface area contributed by atoms with Gasteiger partial charge in [0.25, 0.3) is 0 Å². The highest BCUT2D eigenvalue weighted by Gasteiger charge is 2.24. The fraction of sp³-hybridized carbons (Fsp3) is 0.909. The Morgan fingerprint density at radius 3 is 2.94 bits per heavy atom. The standard InChI is InChI=1S/C11H23N3O2/c1-9-8-16-10(7-15)6-14(9)5-3-2-4-11(12)13/h9-10,15H,2-8H2,1H3,(H3,12,13). The van der Waals surface area contributed by atoms with E-state index in [0.717, 1.165) is 25.9 Å². The third-order valence-electron chi connectivity index (χ3n) is 2.98. The first-order chi connectivity index (χ1) is 7.63. The molecule has 5 nitrogen and oxygen atoms in total. The zero-order chi connectivity index (χ0) is 12.0. The minimum absolute atomic E-state index is 0.0380. The van der Waals surface area contributed by atoms with E-state index in [2.05, 4.69) is 11.8 Å². The number of aliphatic hydroxyl groups excluding tert-OH is 1. The van der Waals surface area contributed by atoms with Crippen molar-refractivity contribution in [2.75, 3.05) is 26.3 Å². The van der Waals surface area contributed by atoms with Crippen molar-refractivity contribution in [1.29, 1.82) is 5.41 Å². The molecule has 2 unspecified atom stereocenters. The van der Waals surface area contributed by atoms with Gasteiger partial charge in [-0.1, -0.05) is 0 Å². The smallest absolute Gasteiger partial charge is 0.0933 e. The Morgan fingerprint density at radius 2 is 2.31 bits per heavy atom. The van der Waals surface area contributed by atoms with Gasteiger partial charge in [-0.2, -0.15) is 0 Å². The molecule has 4 N–H and O–H groups in total. The maximum absolute atomic E-state index is 9.04. The number of amidine groups is 1. The Kier molecular flexibility index (Phi) is 5.73. The first kappa shape index (κ1) is 13.4. The second-order valence-electron chi connectivity index (χ2n) is 4.46. The van der Waals surface area contributed by atoms with E-state index in [1.165, 1.54) is 0 Å². The fourth-order valence-corrected chi connectivity index (χ4v) is 1.93. The molecule has 1 aliphatic heterocycles. The van der Waals surface area contributed by atoms with Gasteiger partial charge in [-0.25, -0.2) is 0 Å². The predicted molar refractivity (Wildman–Crippen MR) is 63.6 cm³/mol. The minimum atomic E-state index is -0.0380. The average molecular weight is 229 g/mol. The van der Waals surface area contributed by atoms with E-state index in [9.17, 15) is 0 Å². The van der Waals surface area contributed by atoms with E-state index in [1.807, 2.05) is 0 Å². The Morgan fingerprint density at radius 1 is 1.56 bits per heavy atom. The molecule has 5 heteroatoms. The molecule has 0 aromatic heterocycles. The number of nitrogens with one attached hydrogen (secondary N) is 1. The van der Waals surface area contributed by atoms with E-state index in [0.29, 0.717) is 19.1 Å². The number of hydrogen-bond acceptors (Lipinski definition) is 4. The van der Waals surface area contributed by atoms with Gasteiger partial charge in [0.1, 0.15) is 0 Å². The van der Waals surface area contributed by atoms with Crippen LogP contribution in [0.5, 0.6) is 0 Å². The van der Waals surface area contributed by atoms with Gasteiger partial charge in [-0.3, -0.25) is 10.3 Å². The van der Waals surface area contributed by atoms with Crippen molar-refractivity contribution in [2.45, 2.75) is 38.3 Å². The molecule has 16 heavy (non-hydrogen) atoms. The zero-order valence-corrected chi connectivity index (χ0v) is 9.98. The topological polar surface area (TPSA) is 82.6 Å². The molecule has 0 radical (unpaired) electrons. The van der Waals surface area contributed by atoms with E-state index in [-0.39, 0.29) is 18.5 Å². The Bertz CT molecular complexity index is 223. The molecule has 0 saturated carbocycles. The van der Waals surface area contributed by atoms with Gasteiger partial charge in [0.15, 0.2) is 0 Å². The Hall–Kier alpha value is -0.650. The number of aliphatic hydroxyl groups is 1. The lowest BCUT2D eigenvalue weighted by Crippen LogP contribution is -2.49. The van der Waals surface area contributed by atoms with Crippen LogP contribution < -0.4 is 5.73 Å². The van der Waals surface area contributed by atoms with Crippen molar-refractivity contribution >= 4 is 5.84 Å². The molecule has 0 aromatic carbocycles. The predicted octanol–water partition coefficient (Wildman–Crippen LogP) is 0.174. The molecule has 0 amide bonds. The molecule has 1 fully saturated rings. The normalized spacial score (nSPS) is 26.9. The molecular formula is C11H23N3O2. The number of nitrogens with two attached hydrogens (primary N) is 1. The molecule has 0 bridgehead atoms. The first-order valence-electron chi connectivity index (χ1n) is 5.93. The molecule has 0 aromatic rings. The van der Waals surface area contributed by atoms with Gasteiger partial charge in [-0.05, 0) is 26.3 Å². The molecule has 0 spiro atoms. The molecule has 1 heterocycles. The fourth-order valence-electron chi connectivity index (χ4n) is 1.93. The molecule has 0 aliphatic carbocycles. The Balaban J connectivity index is 2.20. The summed E-state index contributed by atoms with van der Waals surface area (Å²) >= 11 is 0. The van der Waals surface area contributed by atoms with Gasteiger partial charge >= 0.3 is 0 Å². The van der Waals surface area contributed by atoms with Crippen LogP contribution >= 0.6 is 0 Å². The molecule has 1 rings (SSSR count). The van der Waals surface area contributed by atoms with E-state index in [4.69, 9.17) is 21.0 Å². The van der Waals surface area contributed by atoms with Gasteiger partial charge in [0.05, 0.1) is 25.2 Å². The lowest BCUT2D eigenvalue weighted by Gasteiger charge is -2.37. The SMILES string of the molecule is CC1COC(CO)CN1CCCCC(=N)N. The maximum atomic E-state index is 9.04. The summed E-state index contributed by atoms with van der Waals surface area (Å²) in [6.45, 7) is 4.72. The minimum Gasteiger partial charge on any atom is -0.394 e. The van der Waals surface area contributed by atoms with Crippen LogP contribution in [-0.4, -0.2) is 54.3 Å². The van der Waals surface area contributed by atoms with Crippen LogP contribution in [-0.2, 0) is 4.74 Å². The number of unbranched alkanes of at least 4 members (excludes halogenated alkanes) is 1. The molecule has 2 atom stereocenters. The van der Waals surface area contributed by atoms with Crippen LogP contribution in [0.2, 0.25) is 0 Å². The van der Waals surface area contributed by atoms with Crippen LogP contribution in [0.3, 0.4) is 0 Å². The van der Waals surface area contributed by atoms with Crippen molar-refractivity contribution in [3.05, 3.63) is 0 Å². The van der Waals surface area contributed by atoms with Crippen molar-refractivity contribution in [1.82, 2.24) is 4.90 Å². The highest BCUT2D eigenvalue weighted by Crippen LogP contribution is 2.12. The summed E-state index contributed by atoms with van der Waals surface area (Å²) in [5, 5.41) is 16.2. The molecule has 1 aliphatic rings. The lowest BCUT2D eigenvalue weighted by molar-refractivity contribution is -0.0779. The molecule has 1 saturated heterocycles. The highest BCUT2D eigenvalue weighted by molar-refractivity contribution is 5.76. The average Bonchev–Trinajstić information content (AvgIpc) is 2.26. The van der Waals surface area contributed by atoms with Crippen molar-refractivity contribution in [2.24, 2.45) is 5.73 Å². The van der Waals surface area contributed by atoms with Crippen molar-refractivity contribution < 1.29 is 9.84 Å². The summed E-state index contributed by atoms with van der Waals surface area (Å²) in [5.41, 5.74) is 5.30. The van der Waals surface area contributed by atoms with Crippen LogP contribution in [0.4, 0.5) is 0 Å². The molecule has 94 valence electrons. The lowest BCUT2D eigenvalue weighted by atomic mass is 10.1. The largest absolute Gasteiger partial charge is 0.394 e. The van der Waals surface area contributed by atoms with Crippen molar-refractivity contribution in [3.63, 3.8) is 0 Å². The summed E-state index contributed by atoms with van der Waals surface area (Å²) < 4.78 is 5.47. The van der Waals surface area contributed by atoms with Crippen LogP contribution in [0.25, 0.3) is 0 Å². The monoisotopic (exact) mass is 229 g/mol. The highest BCUT2D eigenvalue weighted by atomic mass is 16.5. The van der Waals surface area contributed by atoms with Crippen LogP contribution in [0.15, 0.2) is 0 Å². The number of nitrogens with zero attached hydrogens (tertiary/aromatic N) is 1. The van der Waals surface area contributed by atoms with Gasteiger partial charge in [0.2, 0.25) is 0 Å². The van der Waals surface area contributed by atoms with Crippen molar-refractivity contribution in [3.8, 4) is 0 Å². The summed E-state index contributed by atoms with van der Waals surface area (Å²) in [6.07, 6.45) is 2.65. The summed E-state index contributed by atoms with van der Waals surface area (Å²) in [6, 6.07) is 0.417. The zero-order valence-electron chi connectivity index (χ0n) is 9.98. The van der Waals surface area contributed by atoms with Gasteiger partial charge < -0.3 is 15.6 Å². The second kappa shape index (κ2) is 6.83. The maximum Gasteiger partial charge on any atom is 0.0933 e. The molecular weight excluding hydrogens is 206 g/mol. The number of hydrogen-bond donors (Lipinski definition) is 3. The van der Waals surface area contributed by atoms with E-state index < -0.39 is 0 Å². The number of ether oxygens (including phenoxy) is 1. The van der Waals surface area contributed by atoms with E-state index in [1.54, 1.807) is 0 Å². The Labute approximate surface area is 97.1 Å². The quantitative estimate of drug-likeness (QED) is 0.344. The number of rotatable bonds is 6. The summed E-state index contributed by atoms with van der Waals surface area (Å²) in [7, 11) is 0. The van der Waals surface area contributed by atoms with Gasteiger partial charge in [0, 0.05) is 19.0 Å². The van der Waals surface area contributed by atoms with Crippen LogP contribution in [0, 0.1) is 5.41 Å². The summed E-state index contributed by atoms with van der Waals surface area (Å²) in [4.78, 5) is 2.34. The van der Waals surface area contributed by atoms with Crippen LogP contribution in [0.1, 0.15) is 26.2 Å². The van der Waals surface area contributed by atoms with E-state index >= 15 is 0 Å². The third kappa shape index (κ3) is 4.47. The summed E-state index contributed by atoms with van der Waals surface area (Å²) in [5.74, 6) is 0.267. The first-order valence-corrected chi connectivity index (χ1v) is 5.93. The third-order valence-corrected chi connectivity index (χ3v) is 2.98. The van der Waals surface area contributed by atoms with Gasteiger partial charge in [-0.15, -0.1) is 0 Å². The number of morpholine rings is 1.